The van der Waals surface area contributed by atoms with Crippen LogP contribution in [0.5, 0.6) is 0 Å². The van der Waals surface area contributed by atoms with E-state index in [4.69, 9.17) is 11.5 Å². The molecule has 0 saturated heterocycles. The third-order valence-electron chi connectivity index (χ3n) is 4.44. The molecule has 1 aliphatic carbocycles. The molecule has 2 rings (SSSR count). The van der Waals surface area contributed by atoms with Crippen molar-refractivity contribution in [1.29, 1.82) is 0 Å². The molecule has 0 bridgehead atoms. The Hall–Kier alpha value is -1.39. The summed E-state index contributed by atoms with van der Waals surface area (Å²) in [6.07, 6.45) is 1.86. The highest BCUT2D eigenvalue weighted by Crippen LogP contribution is 2.38. The number of hydrogen-bond donors (Lipinski definition) is 2. The number of carbonyl (C=O) groups is 1. The van der Waals surface area contributed by atoms with E-state index < -0.39 is 11.4 Å². The largest absolute Gasteiger partial charge is 0.368 e. The molecule has 4 nitrogen and oxygen atoms in total. The summed E-state index contributed by atoms with van der Waals surface area (Å²) in [5.74, 6) is 1.18. The van der Waals surface area contributed by atoms with Crippen LogP contribution in [0.2, 0.25) is 0 Å². The van der Waals surface area contributed by atoms with Gasteiger partial charge in [-0.1, -0.05) is 37.3 Å². The van der Waals surface area contributed by atoms with Crippen LogP contribution in [0.3, 0.4) is 0 Å². The maximum atomic E-state index is 11.8. The van der Waals surface area contributed by atoms with Crippen LogP contribution < -0.4 is 11.5 Å². The van der Waals surface area contributed by atoms with E-state index in [2.05, 4.69) is 18.9 Å². The van der Waals surface area contributed by atoms with Gasteiger partial charge in [0.15, 0.2) is 0 Å². The van der Waals surface area contributed by atoms with Crippen LogP contribution in [0, 0.1) is 11.8 Å². The van der Waals surface area contributed by atoms with Gasteiger partial charge in [0.05, 0.1) is 0 Å². The van der Waals surface area contributed by atoms with Gasteiger partial charge in [0.25, 0.3) is 0 Å². The Bertz CT molecular complexity index is 462. The van der Waals surface area contributed by atoms with Crippen LogP contribution in [0.25, 0.3) is 0 Å². The van der Waals surface area contributed by atoms with E-state index >= 15 is 0 Å². The van der Waals surface area contributed by atoms with Crippen molar-refractivity contribution >= 4 is 5.91 Å². The third-order valence-corrected chi connectivity index (χ3v) is 4.44. The minimum atomic E-state index is -1.08. The lowest BCUT2D eigenvalue weighted by Gasteiger charge is -2.29. The molecule has 4 heteroatoms. The van der Waals surface area contributed by atoms with E-state index in [1.807, 2.05) is 30.3 Å². The Labute approximate surface area is 121 Å². The number of amides is 1. The zero-order chi connectivity index (χ0) is 14.8. The Kier molecular flexibility index (Phi) is 4.45. The van der Waals surface area contributed by atoms with Crippen LogP contribution in [-0.4, -0.2) is 30.9 Å². The Balaban J connectivity index is 1.97. The number of nitrogens with two attached hydrogens (primary N) is 2. The first-order valence-electron chi connectivity index (χ1n) is 7.26. The van der Waals surface area contributed by atoms with Crippen LogP contribution in [-0.2, 0) is 10.3 Å². The highest BCUT2D eigenvalue weighted by molar-refractivity contribution is 5.85. The second kappa shape index (κ2) is 5.94. The highest BCUT2D eigenvalue weighted by Gasteiger charge is 2.36. The maximum Gasteiger partial charge on any atom is 0.242 e. The third kappa shape index (κ3) is 3.38. The van der Waals surface area contributed by atoms with Crippen molar-refractivity contribution in [2.24, 2.45) is 23.3 Å². The molecule has 0 aliphatic heterocycles. The molecule has 1 fully saturated rings. The molecule has 0 radical (unpaired) electrons. The quantitative estimate of drug-likeness (QED) is 0.788. The average molecular weight is 275 g/mol. The molecule has 110 valence electrons. The summed E-state index contributed by atoms with van der Waals surface area (Å²) in [5.41, 5.74) is 11.5. The van der Waals surface area contributed by atoms with Crippen molar-refractivity contribution < 1.29 is 4.79 Å². The van der Waals surface area contributed by atoms with E-state index in [9.17, 15) is 4.79 Å². The summed E-state index contributed by atoms with van der Waals surface area (Å²) in [6.45, 7) is 4.13. The molecule has 1 aromatic carbocycles. The smallest absolute Gasteiger partial charge is 0.242 e. The van der Waals surface area contributed by atoms with Gasteiger partial charge in [-0.3, -0.25) is 4.79 Å². The fourth-order valence-corrected chi connectivity index (χ4v) is 2.66. The van der Waals surface area contributed by atoms with E-state index in [-0.39, 0.29) is 0 Å². The number of nitrogens with zero attached hydrogens (tertiary/aromatic N) is 1. The Morgan fingerprint density at radius 3 is 2.50 bits per heavy atom. The number of benzene rings is 1. The molecule has 20 heavy (non-hydrogen) atoms. The molecule has 0 aromatic heterocycles. The maximum absolute atomic E-state index is 11.8. The molecule has 1 amide bonds. The zero-order valence-electron chi connectivity index (χ0n) is 12.4. The van der Waals surface area contributed by atoms with E-state index in [0.717, 1.165) is 30.5 Å². The summed E-state index contributed by atoms with van der Waals surface area (Å²) < 4.78 is 0. The van der Waals surface area contributed by atoms with Crippen molar-refractivity contribution in [2.75, 3.05) is 20.1 Å². The molecule has 4 N–H and O–H groups in total. The minimum Gasteiger partial charge on any atom is -0.368 e. The number of primary amides is 1. The summed E-state index contributed by atoms with van der Waals surface area (Å²) in [7, 11) is 2.08. The van der Waals surface area contributed by atoms with Crippen molar-refractivity contribution in [3.63, 3.8) is 0 Å². The summed E-state index contributed by atoms with van der Waals surface area (Å²) >= 11 is 0. The summed E-state index contributed by atoms with van der Waals surface area (Å²) in [6, 6.07) is 9.41. The Morgan fingerprint density at radius 1 is 1.40 bits per heavy atom. The summed E-state index contributed by atoms with van der Waals surface area (Å²) in [4.78, 5) is 14.1. The Morgan fingerprint density at radius 2 is 2.00 bits per heavy atom. The van der Waals surface area contributed by atoms with Crippen molar-refractivity contribution in [3.05, 3.63) is 35.9 Å². The lowest BCUT2D eigenvalue weighted by atomic mass is 9.87. The minimum absolute atomic E-state index is 0.461. The first kappa shape index (κ1) is 15.0. The van der Waals surface area contributed by atoms with Gasteiger partial charge >= 0.3 is 0 Å². The molecular formula is C16H25N3O. The summed E-state index contributed by atoms with van der Waals surface area (Å²) in [5, 5.41) is 0. The standard InChI is InChI=1S/C16H25N3O/c1-12-10-13(12)11-19(2)9-8-16(18,15(17)20)14-6-4-3-5-7-14/h3-7,12-13H,8-11,18H2,1-2H3,(H2,17,20). The first-order valence-corrected chi connectivity index (χ1v) is 7.26. The molecule has 3 unspecified atom stereocenters. The molecule has 1 aliphatic rings. The average Bonchev–Trinajstić information content (AvgIpc) is 3.12. The van der Waals surface area contributed by atoms with E-state index in [0.29, 0.717) is 6.42 Å². The van der Waals surface area contributed by atoms with Crippen LogP contribution in [0.15, 0.2) is 30.3 Å². The number of carbonyl (C=O) groups excluding carboxylic acids is 1. The van der Waals surface area contributed by atoms with Crippen LogP contribution in [0.4, 0.5) is 0 Å². The fraction of sp³-hybridized carbons (Fsp3) is 0.562. The predicted molar refractivity (Wildman–Crippen MR) is 80.9 cm³/mol. The zero-order valence-corrected chi connectivity index (χ0v) is 12.4. The molecule has 0 heterocycles. The normalized spacial score (nSPS) is 24.4. The van der Waals surface area contributed by atoms with Crippen molar-refractivity contribution in [2.45, 2.75) is 25.3 Å². The second-order valence-corrected chi connectivity index (χ2v) is 6.19. The number of rotatable bonds is 7. The first-order chi connectivity index (χ1) is 9.43. The van der Waals surface area contributed by atoms with Gasteiger partial charge in [0.2, 0.25) is 5.91 Å². The van der Waals surface area contributed by atoms with Gasteiger partial charge in [-0.05, 0) is 37.3 Å². The topological polar surface area (TPSA) is 72.3 Å². The van der Waals surface area contributed by atoms with Gasteiger partial charge in [-0.15, -0.1) is 0 Å². The van der Waals surface area contributed by atoms with Gasteiger partial charge in [0.1, 0.15) is 5.54 Å². The molecule has 3 atom stereocenters. The van der Waals surface area contributed by atoms with Gasteiger partial charge in [-0.25, -0.2) is 0 Å². The van der Waals surface area contributed by atoms with Gasteiger partial charge in [0, 0.05) is 13.1 Å². The van der Waals surface area contributed by atoms with Gasteiger partial charge < -0.3 is 16.4 Å². The molecule has 0 spiro atoms. The molecular weight excluding hydrogens is 250 g/mol. The lowest BCUT2D eigenvalue weighted by molar-refractivity contribution is -0.123. The lowest BCUT2D eigenvalue weighted by Crippen LogP contribution is -2.50. The van der Waals surface area contributed by atoms with E-state index in [1.165, 1.54) is 6.42 Å². The molecule has 1 aromatic rings. The van der Waals surface area contributed by atoms with Gasteiger partial charge in [-0.2, -0.15) is 0 Å². The van der Waals surface area contributed by atoms with Crippen LogP contribution >= 0.6 is 0 Å². The van der Waals surface area contributed by atoms with Crippen molar-refractivity contribution in [1.82, 2.24) is 4.90 Å². The van der Waals surface area contributed by atoms with E-state index in [1.54, 1.807) is 0 Å². The van der Waals surface area contributed by atoms with Crippen molar-refractivity contribution in [3.8, 4) is 0 Å². The fourth-order valence-electron chi connectivity index (χ4n) is 2.66. The second-order valence-electron chi connectivity index (χ2n) is 6.19. The highest BCUT2D eigenvalue weighted by atomic mass is 16.1. The number of hydrogen-bond acceptors (Lipinski definition) is 3. The predicted octanol–water partition coefficient (Wildman–Crippen LogP) is 1.30. The molecule has 1 saturated carbocycles. The monoisotopic (exact) mass is 275 g/mol. The SMILES string of the molecule is CC1CC1CN(C)CCC(N)(C(N)=O)c1ccccc1. The van der Waals surface area contributed by atoms with Crippen LogP contribution in [0.1, 0.15) is 25.3 Å².